The maximum Gasteiger partial charge on any atom is 0.234 e. The van der Waals surface area contributed by atoms with E-state index in [-0.39, 0.29) is 17.5 Å². The van der Waals surface area contributed by atoms with Crippen molar-refractivity contribution < 1.29 is 18.3 Å². The predicted molar refractivity (Wildman–Crippen MR) is 112 cm³/mol. The summed E-state index contributed by atoms with van der Waals surface area (Å²) >= 11 is 1.16. The SMILES string of the molecule is Cc1ccc(OC(C)c2nnc(SCC(=O)Nc3ccc(F)cc3F)n2C)cc1C. The van der Waals surface area contributed by atoms with Gasteiger partial charge in [0.25, 0.3) is 0 Å². The van der Waals surface area contributed by atoms with Crippen molar-refractivity contribution in [2.24, 2.45) is 7.05 Å². The lowest BCUT2D eigenvalue weighted by Gasteiger charge is -2.15. The summed E-state index contributed by atoms with van der Waals surface area (Å²) in [6.45, 7) is 5.93. The van der Waals surface area contributed by atoms with Crippen LogP contribution in [0.4, 0.5) is 14.5 Å². The predicted octanol–water partition coefficient (Wildman–Crippen LogP) is 4.58. The number of carbonyl (C=O) groups is 1. The third-order valence-electron chi connectivity index (χ3n) is 4.56. The number of amides is 1. The molecule has 0 aliphatic heterocycles. The molecule has 0 spiro atoms. The number of nitrogens with zero attached hydrogens (tertiary/aromatic N) is 3. The average molecular weight is 432 g/mol. The summed E-state index contributed by atoms with van der Waals surface area (Å²) in [7, 11) is 1.79. The van der Waals surface area contributed by atoms with Crippen molar-refractivity contribution in [1.82, 2.24) is 14.8 Å². The van der Waals surface area contributed by atoms with E-state index in [9.17, 15) is 13.6 Å². The summed E-state index contributed by atoms with van der Waals surface area (Å²) in [4.78, 5) is 12.1. The zero-order valence-corrected chi connectivity index (χ0v) is 17.9. The third kappa shape index (κ3) is 5.15. The number of aryl methyl sites for hydroxylation is 2. The molecule has 158 valence electrons. The molecule has 0 fully saturated rings. The van der Waals surface area contributed by atoms with Gasteiger partial charge < -0.3 is 14.6 Å². The maximum absolute atomic E-state index is 13.7. The van der Waals surface area contributed by atoms with Crippen molar-refractivity contribution >= 4 is 23.4 Å². The summed E-state index contributed by atoms with van der Waals surface area (Å²) in [6, 6.07) is 8.85. The van der Waals surface area contributed by atoms with Crippen LogP contribution in [-0.2, 0) is 11.8 Å². The molecule has 3 aromatic rings. The molecule has 1 unspecified atom stereocenters. The number of hydrogen-bond donors (Lipinski definition) is 1. The van der Waals surface area contributed by atoms with Gasteiger partial charge in [0.15, 0.2) is 17.1 Å². The van der Waals surface area contributed by atoms with Crippen molar-refractivity contribution in [3.63, 3.8) is 0 Å². The van der Waals surface area contributed by atoms with Crippen LogP contribution in [0.15, 0.2) is 41.6 Å². The van der Waals surface area contributed by atoms with Gasteiger partial charge in [-0.15, -0.1) is 10.2 Å². The second-order valence-corrected chi connectivity index (χ2v) is 7.81. The number of anilines is 1. The van der Waals surface area contributed by atoms with E-state index >= 15 is 0 Å². The van der Waals surface area contributed by atoms with Crippen molar-refractivity contribution in [3.8, 4) is 5.75 Å². The van der Waals surface area contributed by atoms with E-state index in [0.717, 1.165) is 29.1 Å². The van der Waals surface area contributed by atoms with Crippen LogP contribution in [0.25, 0.3) is 0 Å². The fourth-order valence-corrected chi connectivity index (χ4v) is 3.48. The number of benzene rings is 2. The van der Waals surface area contributed by atoms with Crippen molar-refractivity contribution in [2.45, 2.75) is 32.0 Å². The average Bonchev–Trinajstić information content (AvgIpc) is 3.06. The minimum Gasteiger partial charge on any atom is -0.483 e. The van der Waals surface area contributed by atoms with Crippen LogP contribution < -0.4 is 10.1 Å². The summed E-state index contributed by atoms with van der Waals surface area (Å²) < 4.78 is 34.3. The summed E-state index contributed by atoms with van der Waals surface area (Å²) in [6.07, 6.45) is -0.346. The molecule has 30 heavy (non-hydrogen) atoms. The van der Waals surface area contributed by atoms with Gasteiger partial charge in [0.2, 0.25) is 5.91 Å². The van der Waals surface area contributed by atoms with E-state index in [1.807, 2.05) is 39.0 Å². The number of aromatic nitrogens is 3. The zero-order chi connectivity index (χ0) is 21.8. The Morgan fingerprint density at radius 3 is 2.63 bits per heavy atom. The van der Waals surface area contributed by atoms with Gasteiger partial charge in [-0.05, 0) is 56.2 Å². The largest absolute Gasteiger partial charge is 0.483 e. The molecule has 1 heterocycles. The molecule has 1 aromatic heterocycles. The third-order valence-corrected chi connectivity index (χ3v) is 5.58. The highest BCUT2D eigenvalue weighted by Gasteiger charge is 2.18. The van der Waals surface area contributed by atoms with Crippen LogP contribution in [0.3, 0.4) is 0 Å². The van der Waals surface area contributed by atoms with Gasteiger partial charge in [0.1, 0.15) is 17.4 Å². The Balaban J connectivity index is 1.60. The number of thioether (sulfide) groups is 1. The van der Waals surface area contributed by atoms with Gasteiger partial charge in [0, 0.05) is 13.1 Å². The molecular formula is C21H22F2N4O2S. The minimum absolute atomic E-state index is 0.00478. The van der Waals surface area contributed by atoms with Crippen LogP contribution in [-0.4, -0.2) is 26.4 Å². The van der Waals surface area contributed by atoms with Gasteiger partial charge in [-0.3, -0.25) is 4.79 Å². The first-order valence-corrected chi connectivity index (χ1v) is 10.2. The molecule has 0 saturated heterocycles. The highest BCUT2D eigenvalue weighted by molar-refractivity contribution is 7.99. The van der Waals surface area contributed by atoms with Gasteiger partial charge in [-0.25, -0.2) is 8.78 Å². The topological polar surface area (TPSA) is 69.0 Å². The molecule has 0 saturated carbocycles. The lowest BCUT2D eigenvalue weighted by Crippen LogP contribution is -2.16. The Hall–Kier alpha value is -2.94. The fourth-order valence-electron chi connectivity index (χ4n) is 2.76. The van der Waals surface area contributed by atoms with Gasteiger partial charge in [-0.1, -0.05) is 17.8 Å². The molecule has 0 bridgehead atoms. The minimum atomic E-state index is -0.827. The molecule has 3 rings (SSSR count). The fraction of sp³-hybridized carbons (Fsp3) is 0.286. The normalized spacial score (nSPS) is 11.9. The maximum atomic E-state index is 13.7. The van der Waals surface area contributed by atoms with Crippen molar-refractivity contribution in [2.75, 3.05) is 11.1 Å². The monoisotopic (exact) mass is 432 g/mol. The van der Waals surface area contributed by atoms with E-state index < -0.39 is 17.5 Å². The van der Waals surface area contributed by atoms with E-state index in [0.29, 0.717) is 17.0 Å². The van der Waals surface area contributed by atoms with E-state index in [1.165, 1.54) is 11.6 Å². The number of rotatable bonds is 7. The molecule has 2 aromatic carbocycles. The smallest absolute Gasteiger partial charge is 0.234 e. The molecule has 1 amide bonds. The van der Waals surface area contributed by atoms with Crippen LogP contribution in [0.5, 0.6) is 5.75 Å². The second-order valence-electron chi connectivity index (χ2n) is 6.87. The second kappa shape index (κ2) is 9.25. The molecule has 9 heteroatoms. The number of halogens is 2. The number of nitrogens with one attached hydrogen (secondary N) is 1. The highest BCUT2D eigenvalue weighted by atomic mass is 32.2. The van der Waals surface area contributed by atoms with Gasteiger partial charge in [0.05, 0.1) is 11.4 Å². The van der Waals surface area contributed by atoms with Gasteiger partial charge >= 0.3 is 0 Å². The lowest BCUT2D eigenvalue weighted by molar-refractivity contribution is -0.113. The molecule has 1 atom stereocenters. The van der Waals surface area contributed by atoms with Crippen LogP contribution in [0.1, 0.15) is 30.0 Å². The van der Waals surface area contributed by atoms with E-state index in [4.69, 9.17) is 4.74 Å². The highest BCUT2D eigenvalue weighted by Crippen LogP contribution is 2.25. The number of ether oxygens (including phenoxy) is 1. The number of hydrogen-bond acceptors (Lipinski definition) is 5. The summed E-state index contributed by atoms with van der Waals surface area (Å²) in [5, 5.41) is 11.2. The van der Waals surface area contributed by atoms with E-state index in [2.05, 4.69) is 15.5 Å². The van der Waals surface area contributed by atoms with Crippen molar-refractivity contribution in [1.29, 1.82) is 0 Å². The Morgan fingerprint density at radius 2 is 1.93 bits per heavy atom. The summed E-state index contributed by atoms with van der Waals surface area (Å²) in [5.74, 6) is -0.621. The van der Waals surface area contributed by atoms with Crippen molar-refractivity contribution in [3.05, 3.63) is 65.0 Å². The quantitative estimate of drug-likeness (QED) is 0.554. The lowest BCUT2D eigenvalue weighted by atomic mass is 10.1. The van der Waals surface area contributed by atoms with Crippen LogP contribution >= 0.6 is 11.8 Å². The van der Waals surface area contributed by atoms with Gasteiger partial charge in [-0.2, -0.15) is 0 Å². The Labute approximate surface area is 177 Å². The zero-order valence-electron chi connectivity index (χ0n) is 17.1. The summed E-state index contributed by atoms with van der Waals surface area (Å²) in [5.41, 5.74) is 2.25. The Morgan fingerprint density at radius 1 is 1.17 bits per heavy atom. The Kier molecular flexibility index (Phi) is 6.71. The molecule has 6 nitrogen and oxygen atoms in total. The standard InChI is InChI=1S/C21H22F2N4O2S/c1-12-5-7-16(9-13(12)2)29-14(3)20-25-26-21(27(20)4)30-11-19(28)24-18-8-6-15(22)10-17(18)23/h5-10,14H,11H2,1-4H3,(H,24,28). The Bertz CT molecular complexity index is 1070. The molecule has 0 radical (unpaired) electrons. The first-order valence-electron chi connectivity index (χ1n) is 9.25. The first-order chi connectivity index (χ1) is 14.2. The molecule has 0 aliphatic carbocycles. The molecule has 1 N–H and O–H groups in total. The van der Waals surface area contributed by atoms with E-state index in [1.54, 1.807) is 11.6 Å². The number of carbonyl (C=O) groups excluding carboxylic acids is 1. The molecular weight excluding hydrogens is 410 g/mol. The van der Waals surface area contributed by atoms with Crippen LogP contribution in [0, 0.1) is 25.5 Å². The first kappa shape index (κ1) is 21.8. The molecule has 0 aliphatic rings. The van der Waals surface area contributed by atoms with Crippen LogP contribution in [0.2, 0.25) is 0 Å².